The van der Waals surface area contributed by atoms with Crippen LogP contribution < -0.4 is 0 Å². The average molecular weight is 213 g/mol. The molecule has 0 atom stereocenters. The topological polar surface area (TPSA) is 0 Å². The maximum Gasteiger partial charge on any atom is -0.0250 e. The van der Waals surface area contributed by atoms with Gasteiger partial charge in [-0.15, -0.1) is 0 Å². The van der Waals surface area contributed by atoms with Crippen LogP contribution in [0.25, 0.3) is 0 Å². The normalized spacial score (nSPS) is 12.1. The Morgan fingerprint density at radius 1 is 0.857 bits per heavy atom. The number of rotatable bonds is 10. The van der Waals surface area contributed by atoms with Crippen molar-refractivity contribution in [2.24, 2.45) is 0 Å². The standard InChI is InChI=1S/C13H26P/c1-3-5-7-9-11-13-14-12-10-8-6-4-2/h10,12H,3-9,11,13H2,1-2H3/b12-10+. The summed E-state index contributed by atoms with van der Waals surface area (Å²) >= 11 is 0. The monoisotopic (exact) mass is 213 g/mol. The van der Waals surface area contributed by atoms with Gasteiger partial charge in [0.1, 0.15) is 0 Å². The maximum absolute atomic E-state index is 2.34. The van der Waals surface area contributed by atoms with E-state index in [1.165, 1.54) is 66.1 Å². The summed E-state index contributed by atoms with van der Waals surface area (Å²) in [6.07, 6.45) is 14.7. The van der Waals surface area contributed by atoms with Gasteiger partial charge in [-0.2, -0.15) is 0 Å². The maximum atomic E-state index is 2.34. The van der Waals surface area contributed by atoms with E-state index < -0.39 is 0 Å². The van der Waals surface area contributed by atoms with E-state index in [0.29, 0.717) is 0 Å². The van der Waals surface area contributed by atoms with Crippen LogP contribution in [0.5, 0.6) is 0 Å². The number of hydrogen-bond acceptors (Lipinski definition) is 0. The highest BCUT2D eigenvalue weighted by molar-refractivity contribution is 7.41. The lowest BCUT2D eigenvalue weighted by Crippen LogP contribution is -1.78. The number of hydrogen-bond donors (Lipinski definition) is 0. The zero-order valence-electron chi connectivity index (χ0n) is 9.97. The molecule has 0 aliphatic rings. The van der Waals surface area contributed by atoms with Crippen molar-refractivity contribution in [3.05, 3.63) is 11.9 Å². The van der Waals surface area contributed by atoms with E-state index in [2.05, 4.69) is 25.7 Å². The molecular weight excluding hydrogens is 187 g/mol. The minimum atomic E-state index is 1.28. The molecule has 0 N–H and O–H groups in total. The van der Waals surface area contributed by atoms with E-state index in [1.807, 2.05) is 0 Å². The molecule has 0 bridgehead atoms. The molecule has 0 rings (SSSR count). The van der Waals surface area contributed by atoms with Crippen LogP contribution in [-0.4, -0.2) is 6.16 Å². The van der Waals surface area contributed by atoms with Crippen molar-refractivity contribution in [3.8, 4) is 0 Å². The molecule has 1 radical (unpaired) electrons. The molecule has 1 heteroatoms. The van der Waals surface area contributed by atoms with Crippen LogP contribution in [0.3, 0.4) is 0 Å². The van der Waals surface area contributed by atoms with Gasteiger partial charge in [-0.3, -0.25) is 0 Å². The van der Waals surface area contributed by atoms with E-state index in [9.17, 15) is 0 Å². The highest BCUT2D eigenvalue weighted by atomic mass is 31.1. The third kappa shape index (κ3) is 12.2. The molecule has 0 saturated carbocycles. The first-order valence-corrected chi connectivity index (χ1v) is 7.38. The van der Waals surface area contributed by atoms with E-state index >= 15 is 0 Å². The van der Waals surface area contributed by atoms with E-state index in [1.54, 1.807) is 0 Å². The van der Waals surface area contributed by atoms with Crippen LogP contribution in [0.15, 0.2) is 11.9 Å². The molecule has 83 valence electrons. The summed E-state index contributed by atoms with van der Waals surface area (Å²) in [6.45, 7) is 4.52. The van der Waals surface area contributed by atoms with Crippen LogP contribution >= 0.6 is 8.58 Å². The third-order valence-electron chi connectivity index (χ3n) is 2.33. The minimum Gasteiger partial charge on any atom is -0.0837 e. The van der Waals surface area contributed by atoms with Crippen molar-refractivity contribution in [2.75, 3.05) is 6.16 Å². The molecule has 0 spiro atoms. The van der Waals surface area contributed by atoms with E-state index in [0.717, 1.165) is 0 Å². The van der Waals surface area contributed by atoms with Gasteiger partial charge < -0.3 is 0 Å². The van der Waals surface area contributed by atoms with Crippen molar-refractivity contribution in [3.63, 3.8) is 0 Å². The second-order valence-electron chi connectivity index (χ2n) is 3.85. The lowest BCUT2D eigenvalue weighted by atomic mass is 10.2. The summed E-state index contributed by atoms with van der Waals surface area (Å²) in [4.78, 5) is 0. The van der Waals surface area contributed by atoms with Gasteiger partial charge in [0.25, 0.3) is 0 Å². The molecule has 0 fully saturated rings. The van der Waals surface area contributed by atoms with Crippen LogP contribution in [0, 0.1) is 0 Å². The Balaban J connectivity index is 2.94. The Morgan fingerprint density at radius 2 is 1.57 bits per heavy atom. The quantitative estimate of drug-likeness (QED) is 0.327. The van der Waals surface area contributed by atoms with Crippen LogP contribution in [0.1, 0.15) is 65.2 Å². The van der Waals surface area contributed by atoms with Gasteiger partial charge >= 0.3 is 0 Å². The Kier molecular flexibility index (Phi) is 13.3. The van der Waals surface area contributed by atoms with Crippen LogP contribution in [0.2, 0.25) is 0 Å². The SMILES string of the molecule is CCCC/C=C/[P]CCCCCCC. The molecule has 0 amide bonds. The second-order valence-corrected chi connectivity index (χ2v) is 4.96. The van der Waals surface area contributed by atoms with Crippen molar-refractivity contribution < 1.29 is 0 Å². The first-order chi connectivity index (χ1) is 6.91. The summed E-state index contributed by atoms with van der Waals surface area (Å²) < 4.78 is 0. The highest BCUT2D eigenvalue weighted by Gasteiger charge is 1.88. The summed E-state index contributed by atoms with van der Waals surface area (Å²) in [7, 11) is 1.53. The Labute approximate surface area is 92.3 Å². The zero-order valence-corrected chi connectivity index (χ0v) is 10.9. The van der Waals surface area contributed by atoms with Gasteiger partial charge in [0.15, 0.2) is 0 Å². The minimum absolute atomic E-state index is 1.28. The Morgan fingerprint density at radius 3 is 2.29 bits per heavy atom. The average Bonchev–Trinajstić information content (AvgIpc) is 2.21. The predicted octanol–water partition coefficient (Wildman–Crippen LogP) is 5.61. The summed E-state index contributed by atoms with van der Waals surface area (Å²) in [5, 5.41) is 0. The van der Waals surface area contributed by atoms with E-state index in [-0.39, 0.29) is 0 Å². The fraction of sp³-hybridized carbons (Fsp3) is 0.846. The molecule has 0 aromatic carbocycles. The highest BCUT2D eigenvalue weighted by Crippen LogP contribution is 2.16. The predicted molar refractivity (Wildman–Crippen MR) is 69.2 cm³/mol. The summed E-state index contributed by atoms with van der Waals surface area (Å²) in [6, 6.07) is 0. The van der Waals surface area contributed by atoms with Crippen molar-refractivity contribution in [2.45, 2.75) is 65.2 Å². The van der Waals surface area contributed by atoms with Crippen LogP contribution in [0.4, 0.5) is 0 Å². The summed E-state index contributed by atoms with van der Waals surface area (Å²) in [5.74, 6) is 2.34. The third-order valence-corrected chi connectivity index (χ3v) is 3.32. The molecule has 14 heavy (non-hydrogen) atoms. The number of unbranched alkanes of at least 4 members (excludes halogenated alkanes) is 6. The fourth-order valence-corrected chi connectivity index (χ4v) is 2.21. The molecule has 0 aliphatic carbocycles. The molecule has 0 aromatic heterocycles. The molecule has 0 heterocycles. The number of allylic oxidation sites excluding steroid dienone is 1. The molecule has 0 unspecified atom stereocenters. The lowest BCUT2D eigenvalue weighted by Gasteiger charge is -1.97. The first-order valence-electron chi connectivity index (χ1n) is 6.23. The lowest BCUT2D eigenvalue weighted by molar-refractivity contribution is 0.659. The van der Waals surface area contributed by atoms with Gasteiger partial charge in [-0.1, -0.05) is 72.8 Å². The van der Waals surface area contributed by atoms with Crippen LogP contribution in [-0.2, 0) is 0 Å². The zero-order chi connectivity index (χ0) is 10.5. The molecule has 0 nitrogen and oxygen atoms in total. The largest absolute Gasteiger partial charge is 0.0837 e. The van der Waals surface area contributed by atoms with Gasteiger partial charge in [0.05, 0.1) is 0 Å². The van der Waals surface area contributed by atoms with E-state index in [4.69, 9.17) is 0 Å². The Hall–Kier alpha value is 0.170. The van der Waals surface area contributed by atoms with Crippen molar-refractivity contribution in [1.29, 1.82) is 0 Å². The molecule has 0 aliphatic heterocycles. The first kappa shape index (κ1) is 14.2. The Bertz CT molecular complexity index is 118. The van der Waals surface area contributed by atoms with Crippen molar-refractivity contribution in [1.82, 2.24) is 0 Å². The molecule has 0 aromatic rings. The smallest absolute Gasteiger partial charge is 0.0250 e. The second kappa shape index (κ2) is 13.2. The molecular formula is C13H26P. The summed E-state index contributed by atoms with van der Waals surface area (Å²) in [5.41, 5.74) is 0. The van der Waals surface area contributed by atoms with Gasteiger partial charge in [0, 0.05) is 0 Å². The van der Waals surface area contributed by atoms with Gasteiger partial charge in [0.2, 0.25) is 0 Å². The van der Waals surface area contributed by atoms with Crippen molar-refractivity contribution >= 4 is 8.58 Å². The fourth-order valence-electron chi connectivity index (χ4n) is 1.35. The molecule has 0 saturated heterocycles. The van der Waals surface area contributed by atoms with Gasteiger partial charge in [-0.05, 0) is 19.0 Å². The van der Waals surface area contributed by atoms with Gasteiger partial charge in [-0.25, -0.2) is 0 Å².